The molecule has 1 saturated carbocycles. The van der Waals surface area contributed by atoms with Gasteiger partial charge in [0.2, 0.25) is 0 Å². The Bertz CT molecular complexity index is 368. The van der Waals surface area contributed by atoms with Crippen molar-refractivity contribution in [3.05, 3.63) is 23.7 Å². The smallest absolute Gasteiger partial charge is 0.323 e. The fourth-order valence-corrected chi connectivity index (χ4v) is 1.64. The highest BCUT2D eigenvalue weighted by molar-refractivity contribution is 5.75. The van der Waals surface area contributed by atoms with Crippen molar-refractivity contribution < 1.29 is 13.9 Å². The Morgan fingerprint density at radius 2 is 2.38 bits per heavy atom. The highest BCUT2D eigenvalue weighted by Gasteiger charge is 2.27. The number of carbonyl (C=O) groups is 1. The summed E-state index contributed by atoms with van der Waals surface area (Å²) in [6, 6.07) is 3.25. The molecule has 0 amide bonds. The van der Waals surface area contributed by atoms with Crippen LogP contribution in [0.25, 0.3) is 0 Å². The van der Waals surface area contributed by atoms with Crippen molar-refractivity contribution in [2.45, 2.75) is 38.1 Å². The molecule has 2 rings (SSSR count). The third kappa shape index (κ3) is 2.64. The minimum atomic E-state index is -0.627. The summed E-state index contributed by atoms with van der Waals surface area (Å²) < 4.78 is 10.5. The fourth-order valence-electron chi connectivity index (χ4n) is 1.64. The molecular formula is C12H17NO3. The summed E-state index contributed by atoms with van der Waals surface area (Å²) in [5, 5.41) is 0. The van der Waals surface area contributed by atoms with Gasteiger partial charge < -0.3 is 14.9 Å². The van der Waals surface area contributed by atoms with Crippen molar-refractivity contribution in [2.75, 3.05) is 6.61 Å². The predicted molar refractivity (Wildman–Crippen MR) is 59.0 cm³/mol. The number of furan rings is 1. The molecule has 0 aromatic carbocycles. The van der Waals surface area contributed by atoms with Crippen LogP contribution >= 0.6 is 0 Å². The van der Waals surface area contributed by atoms with Crippen LogP contribution in [0.4, 0.5) is 0 Å². The van der Waals surface area contributed by atoms with Crippen LogP contribution in [-0.4, -0.2) is 18.6 Å². The summed E-state index contributed by atoms with van der Waals surface area (Å²) in [4.78, 5) is 11.3. The SMILES string of the molecule is CCOC(=O)C(N)Cc1ccc(C2CC2)o1. The van der Waals surface area contributed by atoms with Gasteiger partial charge in [-0.2, -0.15) is 0 Å². The monoisotopic (exact) mass is 223 g/mol. The molecule has 0 saturated heterocycles. The van der Waals surface area contributed by atoms with Crippen molar-refractivity contribution in [1.82, 2.24) is 0 Å². The molecule has 4 nitrogen and oxygen atoms in total. The van der Waals surface area contributed by atoms with E-state index in [9.17, 15) is 4.79 Å². The number of ether oxygens (including phenoxy) is 1. The van der Waals surface area contributed by atoms with E-state index >= 15 is 0 Å². The molecule has 1 fully saturated rings. The Hall–Kier alpha value is -1.29. The minimum Gasteiger partial charge on any atom is -0.466 e. The summed E-state index contributed by atoms with van der Waals surface area (Å²) in [5.41, 5.74) is 5.70. The van der Waals surface area contributed by atoms with Crippen LogP contribution in [0.15, 0.2) is 16.5 Å². The average molecular weight is 223 g/mol. The van der Waals surface area contributed by atoms with E-state index in [2.05, 4.69) is 0 Å². The Labute approximate surface area is 94.8 Å². The Morgan fingerprint density at radius 3 is 3.00 bits per heavy atom. The number of hydrogen-bond donors (Lipinski definition) is 1. The maximum absolute atomic E-state index is 11.3. The first-order valence-electron chi connectivity index (χ1n) is 5.71. The van der Waals surface area contributed by atoms with Gasteiger partial charge in [-0.25, -0.2) is 0 Å². The van der Waals surface area contributed by atoms with Crippen molar-refractivity contribution in [3.63, 3.8) is 0 Å². The Kier molecular flexibility index (Phi) is 3.29. The maximum atomic E-state index is 11.3. The summed E-state index contributed by atoms with van der Waals surface area (Å²) >= 11 is 0. The molecule has 0 radical (unpaired) electrons. The van der Waals surface area contributed by atoms with Crippen LogP contribution in [0.1, 0.15) is 37.2 Å². The first kappa shape index (κ1) is 11.2. The van der Waals surface area contributed by atoms with E-state index < -0.39 is 6.04 Å². The van der Waals surface area contributed by atoms with Gasteiger partial charge >= 0.3 is 5.97 Å². The lowest BCUT2D eigenvalue weighted by atomic mass is 10.2. The molecule has 0 bridgehead atoms. The molecule has 1 aliphatic carbocycles. The van der Waals surface area contributed by atoms with Crippen molar-refractivity contribution in [1.29, 1.82) is 0 Å². The van der Waals surface area contributed by atoms with Crippen LogP contribution in [0.5, 0.6) is 0 Å². The maximum Gasteiger partial charge on any atom is 0.323 e. The molecule has 1 unspecified atom stereocenters. The number of esters is 1. The topological polar surface area (TPSA) is 65.5 Å². The zero-order valence-corrected chi connectivity index (χ0v) is 9.44. The molecular weight excluding hydrogens is 206 g/mol. The summed E-state index contributed by atoms with van der Waals surface area (Å²) in [6.45, 7) is 2.13. The second-order valence-corrected chi connectivity index (χ2v) is 4.14. The first-order chi connectivity index (χ1) is 7.70. The van der Waals surface area contributed by atoms with Gasteiger partial charge in [-0.1, -0.05) is 0 Å². The molecule has 2 N–H and O–H groups in total. The lowest BCUT2D eigenvalue weighted by Crippen LogP contribution is -2.34. The third-order valence-corrected chi connectivity index (χ3v) is 2.67. The Morgan fingerprint density at radius 1 is 1.62 bits per heavy atom. The van der Waals surface area contributed by atoms with Gasteiger partial charge in [-0.3, -0.25) is 4.79 Å². The van der Waals surface area contributed by atoms with Crippen molar-refractivity contribution >= 4 is 5.97 Å². The number of hydrogen-bond acceptors (Lipinski definition) is 4. The van der Waals surface area contributed by atoms with Gasteiger partial charge in [0.1, 0.15) is 17.6 Å². The molecule has 16 heavy (non-hydrogen) atoms. The first-order valence-corrected chi connectivity index (χ1v) is 5.71. The molecule has 4 heteroatoms. The van der Waals surface area contributed by atoms with Gasteiger partial charge in [0.15, 0.2) is 0 Å². The van der Waals surface area contributed by atoms with Crippen molar-refractivity contribution in [3.8, 4) is 0 Å². The lowest BCUT2D eigenvalue weighted by molar-refractivity contribution is -0.144. The van der Waals surface area contributed by atoms with Crippen LogP contribution in [0.3, 0.4) is 0 Å². The van der Waals surface area contributed by atoms with Gasteiger partial charge in [0, 0.05) is 12.3 Å². The molecule has 1 atom stereocenters. The zero-order valence-electron chi connectivity index (χ0n) is 9.44. The fraction of sp³-hybridized carbons (Fsp3) is 0.583. The van der Waals surface area contributed by atoms with Gasteiger partial charge in [0.25, 0.3) is 0 Å². The van der Waals surface area contributed by atoms with E-state index in [-0.39, 0.29) is 5.97 Å². The van der Waals surface area contributed by atoms with Gasteiger partial charge in [-0.05, 0) is 31.9 Å². The van der Waals surface area contributed by atoms with E-state index in [1.807, 2.05) is 12.1 Å². The molecule has 1 aliphatic rings. The standard InChI is InChI=1S/C12H17NO3/c1-2-15-12(14)10(13)7-9-5-6-11(16-9)8-3-4-8/h5-6,8,10H,2-4,7,13H2,1H3. The Balaban J connectivity index is 1.89. The normalized spacial score (nSPS) is 17.1. The molecule has 1 aromatic rings. The minimum absolute atomic E-state index is 0.359. The molecule has 0 spiro atoms. The summed E-state index contributed by atoms with van der Waals surface area (Å²) in [5.74, 6) is 2.01. The van der Waals surface area contributed by atoms with Crippen LogP contribution < -0.4 is 5.73 Å². The average Bonchev–Trinajstić information content (AvgIpc) is 3.01. The second-order valence-electron chi connectivity index (χ2n) is 4.14. The van der Waals surface area contributed by atoms with E-state index in [4.69, 9.17) is 14.9 Å². The largest absolute Gasteiger partial charge is 0.466 e. The summed E-state index contributed by atoms with van der Waals surface area (Å²) in [6.07, 6.45) is 2.82. The number of rotatable bonds is 5. The van der Waals surface area contributed by atoms with Crippen molar-refractivity contribution in [2.24, 2.45) is 5.73 Å². The molecule has 1 aromatic heterocycles. The van der Waals surface area contributed by atoms with E-state index in [0.29, 0.717) is 18.9 Å². The third-order valence-electron chi connectivity index (χ3n) is 2.67. The van der Waals surface area contributed by atoms with Crippen LogP contribution in [0.2, 0.25) is 0 Å². The van der Waals surface area contributed by atoms with Gasteiger partial charge in [0.05, 0.1) is 6.61 Å². The second kappa shape index (κ2) is 4.70. The van der Waals surface area contributed by atoms with Crippen LogP contribution in [-0.2, 0) is 16.0 Å². The zero-order chi connectivity index (χ0) is 11.5. The summed E-state index contributed by atoms with van der Waals surface area (Å²) in [7, 11) is 0. The number of nitrogens with two attached hydrogens (primary N) is 1. The lowest BCUT2D eigenvalue weighted by Gasteiger charge is -2.08. The highest BCUT2D eigenvalue weighted by Crippen LogP contribution is 2.40. The van der Waals surface area contributed by atoms with E-state index in [0.717, 1.165) is 11.5 Å². The van der Waals surface area contributed by atoms with Gasteiger partial charge in [-0.15, -0.1) is 0 Å². The predicted octanol–water partition coefficient (Wildman–Crippen LogP) is 1.59. The van der Waals surface area contributed by atoms with E-state index in [1.54, 1.807) is 6.92 Å². The van der Waals surface area contributed by atoms with E-state index in [1.165, 1.54) is 12.8 Å². The number of carbonyl (C=O) groups excluding carboxylic acids is 1. The highest BCUT2D eigenvalue weighted by atomic mass is 16.5. The van der Waals surface area contributed by atoms with Crippen LogP contribution in [0, 0.1) is 0 Å². The molecule has 88 valence electrons. The molecule has 0 aliphatic heterocycles. The molecule has 1 heterocycles. The quantitative estimate of drug-likeness (QED) is 0.770.